The van der Waals surface area contributed by atoms with E-state index in [1.165, 1.54) is 0 Å². The van der Waals surface area contributed by atoms with E-state index in [-0.39, 0.29) is 13.0 Å². The third-order valence-electron chi connectivity index (χ3n) is 2.61. The Morgan fingerprint density at radius 2 is 2.11 bits per heavy atom. The number of carboxylic acids is 1. The molecule has 0 saturated carbocycles. The molecule has 0 aliphatic rings. The fraction of sp³-hybridized carbons (Fsp3) is 0.250. The highest BCUT2D eigenvalue weighted by Crippen LogP contribution is 2.18. The summed E-state index contributed by atoms with van der Waals surface area (Å²) < 4.78 is 2.07. The highest BCUT2D eigenvalue weighted by Gasteiger charge is 2.08. The molecule has 1 N–H and O–H groups in total. The average molecular weight is 262 g/mol. The van der Waals surface area contributed by atoms with Gasteiger partial charge in [0.05, 0.1) is 0 Å². The summed E-state index contributed by atoms with van der Waals surface area (Å²) in [5, 5.41) is 17.3. The van der Waals surface area contributed by atoms with Gasteiger partial charge >= 0.3 is 0 Å². The number of aromatic amines is 1. The highest BCUT2D eigenvalue weighted by molar-refractivity contribution is 7.71. The molecule has 0 spiro atoms. The molecule has 0 bridgehead atoms. The van der Waals surface area contributed by atoms with Crippen molar-refractivity contribution in [2.75, 3.05) is 0 Å². The number of rotatable bonds is 4. The number of H-pyrrole nitrogens is 1. The molecule has 18 heavy (non-hydrogen) atoms. The second-order valence-corrected chi connectivity index (χ2v) is 4.38. The molecule has 1 heterocycles. The van der Waals surface area contributed by atoms with Crippen molar-refractivity contribution in [3.8, 4) is 11.4 Å². The van der Waals surface area contributed by atoms with E-state index in [1.807, 2.05) is 31.2 Å². The molecule has 2 rings (SSSR count). The molecule has 0 aliphatic heterocycles. The Balaban J connectivity index is 2.36. The van der Waals surface area contributed by atoms with Crippen LogP contribution in [0.5, 0.6) is 0 Å². The Kier molecular flexibility index (Phi) is 3.57. The van der Waals surface area contributed by atoms with E-state index in [9.17, 15) is 9.90 Å². The minimum absolute atomic E-state index is 0.0906. The minimum atomic E-state index is -1.10. The number of carboxylic acid groups (broad SMARTS) is 1. The van der Waals surface area contributed by atoms with Crippen LogP contribution in [0.15, 0.2) is 24.3 Å². The number of aromatic nitrogens is 3. The summed E-state index contributed by atoms with van der Waals surface area (Å²) in [6.45, 7) is 2.25. The van der Waals surface area contributed by atoms with Crippen molar-refractivity contribution in [1.82, 2.24) is 14.8 Å². The SMILES string of the molecule is Cc1ccc(-c2n[nH]c(=S)n2CCC(=O)[O-])cc1. The van der Waals surface area contributed by atoms with Crippen LogP contribution >= 0.6 is 12.2 Å². The molecule has 0 unspecified atom stereocenters. The highest BCUT2D eigenvalue weighted by atomic mass is 32.1. The summed E-state index contributed by atoms with van der Waals surface area (Å²) in [6.07, 6.45) is -0.0906. The molecule has 0 amide bonds. The van der Waals surface area contributed by atoms with E-state index in [4.69, 9.17) is 12.2 Å². The zero-order valence-corrected chi connectivity index (χ0v) is 10.7. The molecule has 1 aromatic heterocycles. The lowest BCUT2D eigenvalue weighted by Crippen LogP contribution is -2.23. The van der Waals surface area contributed by atoms with Crippen molar-refractivity contribution in [2.45, 2.75) is 19.9 Å². The van der Waals surface area contributed by atoms with Gasteiger partial charge in [-0.1, -0.05) is 29.8 Å². The quantitative estimate of drug-likeness (QED) is 0.836. The summed E-state index contributed by atoms with van der Waals surface area (Å²) in [4.78, 5) is 10.5. The van der Waals surface area contributed by atoms with Crippen molar-refractivity contribution in [3.05, 3.63) is 34.6 Å². The summed E-state index contributed by atoms with van der Waals surface area (Å²) in [5.41, 5.74) is 2.04. The Hall–Kier alpha value is -1.95. The maximum absolute atomic E-state index is 10.5. The van der Waals surface area contributed by atoms with Gasteiger partial charge in [0, 0.05) is 24.5 Å². The number of carbonyl (C=O) groups excluding carboxylic acids is 1. The van der Waals surface area contributed by atoms with E-state index in [0.29, 0.717) is 10.6 Å². The van der Waals surface area contributed by atoms with Gasteiger partial charge in [-0.2, -0.15) is 5.10 Å². The molecular weight excluding hydrogens is 250 g/mol. The van der Waals surface area contributed by atoms with Crippen LogP contribution in [0.3, 0.4) is 0 Å². The van der Waals surface area contributed by atoms with Crippen LogP contribution in [-0.4, -0.2) is 20.7 Å². The molecule has 0 radical (unpaired) electrons. The molecule has 94 valence electrons. The third-order valence-corrected chi connectivity index (χ3v) is 2.92. The molecule has 0 saturated heterocycles. The maximum atomic E-state index is 10.5. The van der Waals surface area contributed by atoms with Crippen LogP contribution in [-0.2, 0) is 11.3 Å². The minimum Gasteiger partial charge on any atom is -0.550 e. The van der Waals surface area contributed by atoms with Crippen LogP contribution in [0.2, 0.25) is 0 Å². The zero-order chi connectivity index (χ0) is 13.1. The normalized spacial score (nSPS) is 10.5. The Morgan fingerprint density at radius 3 is 2.72 bits per heavy atom. The third kappa shape index (κ3) is 2.65. The van der Waals surface area contributed by atoms with E-state index in [1.54, 1.807) is 4.57 Å². The first-order valence-electron chi connectivity index (χ1n) is 5.50. The fourth-order valence-corrected chi connectivity index (χ4v) is 1.87. The molecule has 0 atom stereocenters. The number of aliphatic carboxylic acids is 1. The Bertz CT molecular complexity index is 613. The van der Waals surface area contributed by atoms with Crippen molar-refractivity contribution >= 4 is 18.2 Å². The first kappa shape index (κ1) is 12.5. The molecular formula is C12H12N3O2S-. The number of aryl methyl sites for hydroxylation is 1. The van der Waals surface area contributed by atoms with Crippen molar-refractivity contribution in [3.63, 3.8) is 0 Å². The number of carbonyl (C=O) groups is 1. The van der Waals surface area contributed by atoms with Crippen molar-refractivity contribution in [2.24, 2.45) is 0 Å². The van der Waals surface area contributed by atoms with Gasteiger partial charge in [-0.25, -0.2) is 0 Å². The van der Waals surface area contributed by atoms with Gasteiger partial charge in [-0.05, 0) is 19.1 Å². The van der Waals surface area contributed by atoms with E-state index in [2.05, 4.69) is 10.2 Å². The van der Waals surface area contributed by atoms with Gasteiger partial charge in [0.15, 0.2) is 10.6 Å². The predicted molar refractivity (Wildman–Crippen MR) is 67.2 cm³/mol. The second-order valence-electron chi connectivity index (χ2n) is 3.99. The van der Waals surface area contributed by atoms with E-state index >= 15 is 0 Å². The van der Waals surface area contributed by atoms with Crippen LogP contribution in [0.25, 0.3) is 11.4 Å². The summed E-state index contributed by atoms with van der Waals surface area (Å²) >= 11 is 5.08. The second kappa shape index (κ2) is 5.14. The van der Waals surface area contributed by atoms with Gasteiger partial charge in [0.25, 0.3) is 0 Å². The lowest BCUT2D eigenvalue weighted by molar-refractivity contribution is -0.305. The Morgan fingerprint density at radius 1 is 1.44 bits per heavy atom. The monoisotopic (exact) mass is 262 g/mol. The first-order chi connectivity index (χ1) is 8.58. The molecule has 6 heteroatoms. The largest absolute Gasteiger partial charge is 0.550 e. The zero-order valence-electron chi connectivity index (χ0n) is 9.84. The Labute approximate surface area is 109 Å². The van der Waals surface area contributed by atoms with Gasteiger partial charge in [-0.15, -0.1) is 0 Å². The number of benzene rings is 1. The van der Waals surface area contributed by atoms with Gasteiger partial charge in [0.2, 0.25) is 0 Å². The number of hydrogen-bond donors (Lipinski definition) is 1. The molecule has 2 aromatic rings. The molecule has 5 nitrogen and oxygen atoms in total. The topological polar surface area (TPSA) is 73.7 Å². The number of nitrogens with one attached hydrogen (secondary N) is 1. The lowest BCUT2D eigenvalue weighted by atomic mass is 10.1. The van der Waals surface area contributed by atoms with Gasteiger partial charge in [0.1, 0.15) is 0 Å². The lowest BCUT2D eigenvalue weighted by Gasteiger charge is -2.07. The van der Waals surface area contributed by atoms with Crippen LogP contribution in [0.4, 0.5) is 0 Å². The van der Waals surface area contributed by atoms with Crippen LogP contribution in [0.1, 0.15) is 12.0 Å². The number of hydrogen-bond acceptors (Lipinski definition) is 4. The molecule has 1 aromatic carbocycles. The molecule has 0 fully saturated rings. The van der Waals surface area contributed by atoms with Crippen LogP contribution < -0.4 is 5.11 Å². The average Bonchev–Trinajstić information content (AvgIpc) is 2.69. The van der Waals surface area contributed by atoms with E-state index < -0.39 is 5.97 Å². The fourth-order valence-electron chi connectivity index (χ4n) is 1.65. The summed E-state index contributed by atoms with van der Waals surface area (Å²) in [5.74, 6) is -0.464. The maximum Gasteiger partial charge on any atom is 0.195 e. The van der Waals surface area contributed by atoms with Gasteiger partial charge in [-0.3, -0.25) is 9.67 Å². The number of nitrogens with zero attached hydrogens (tertiary/aromatic N) is 2. The predicted octanol–water partition coefficient (Wildman–Crippen LogP) is 1.06. The summed E-state index contributed by atoms with van der Waals surface area (Å²) in [7, 11) is 0. The smallest absolute Gasteiger partial charge is 0.195 e. The van der Waals surface area contributed by atoms with Crippen LogP contribution in [0, 0.1) is 11.7 Å². The standard InChI is InChI=1S/C12H13N3O2S/c1-8-2-4-9(5-3-8)11-13-14-12(18)15(11)7-6-10(16)17/h2-5H,6-7H2,1H3,(H,14,18)(H,16,17)/p-1. The van der Waals surface area contributed by atoms with E-state index in [0.717, 1.165) is 11.1 Å². The molecule has 0 aliphatic carbocycles. The van der Waals surface area contributed by atoms with Gasteiger partial charge < -0.3 is 9.90 Å². The summed E-state index contributed by atoms with van der Waals surface area (Å²) in [6, 6.07) is 7.79. The van der Waals surface area contributed by atoms with Crippen molar-refractivity contribution in [1.29, 1.82) is 0 Å². The first-order valence-corrected chi connectivity index (χ1v) is 5.91. The van der Waals surface area contributed by atoms with Crippen molar-refractivity contribution < 1.29 is 9.90 Å².